The number of aryl methyl sites for hydroxylation is 1. The lowest BCUT2D eigenvalue weighted by molar-refractivity contribution is -0.142. The van der Waals surface area contributed by atoms with Gasteiger partial charge in [0.15, 0.2) is 5.13 Å². The Kier molecular flexibility index (Phi) is 6.31. The van der Waals surface area contributed by atoms with Gasteiger partial charge in [-0.15, -0.1) is 11.3 Å². The van der Waals surface area contributed by atoms with E-state index in [1.54, 1.807) is 19.4 Å². The van der Waals surface area contributed by atoms with E-state index in [0.29, 0.717) is 23.2 Å². The number of hydrogen-bond donors (Lipinski definition) is 1. The zero-order valence-electron chi connectivity index (χ0n) is 13.9. The summed E-state index contributed by atoms with van der Waals surface area (Å²) in [6, 6.07) is 5.70. The molecule has 1 heterocycles. The van der Waals surface area contributed by atoms with E-state index < -0.39 is 0 Å². The Morgan fingerprint density at radius 1 is 1.29 bits per heavy atom. The van der Waals surface area contributed by atoms with Crippen LogP contribution in [-0.4, -0.2) is 30.6 Å². The predicted octanol–water partition coefficient (Wildman–Crippen LogP) is 2.75. The summed E-state index contributed by atoms with van der Waals surface area (Å²) >= 11 is 1.28. The number of esters is 1. The number of aromatic nitrogens is 1. The van der Waals surface area contributed by atoms with E-state index in [1.807, 2.05) is 25.1 Å². The zero-order chi connectivity index (χ0) is 17.5. The highest BCUT2D eigenvalue weighted by molar-refractivity contribution is 7.13. The van der Waals surface area contributed by atoms with Crippen molar-refractivity contribution in [1.82, 2.24) is 4.98 Å². The molecule has 0 unspecified atom stereocenters. The topological polar surface area (TPSA) is 77.5 Å². The lowest BCUT2D eigenvalue weighted by Gasteiger charge is -2.09. The molecule has 1 amide bonds. The van der Waals surface area contributed by atoms with Crippen molar-refractivity contribution in [2.24, 2.45) is 0 Å². The molecule has 0 fully saturated rings. The molecule has 0 aliphatic heterocycles. The van der Waals surface area contributed by atoms with E-state index in [9.17, 15) is 9.59 Å². The van der Waals surface area contributed by atoms with Crippen LogP contribution in [0.3, 0.4) is 0 Å². The summed E-state index contributed by atoms with van der Waals surface area (Å²) in [5.41, 5.74) is 2.46. The Labute approximate surface area is 144 Å². The summed E-state index contributed by atoms with van der Waals surface area (Å²) in [4.78, 5) is 27.9. The van der Waals surface area contributed by atoms with Crippen LogP contribution in [0.15, 0.2) is 23.6 Å². The molecule has 0 aliphatic carbocycles. The van der Waals surface area contributed by atoms with Crippen LogP contribution in [-0.2, 0) is 27.2 Å². The van der Waals surface area contributed by atoms with Crippen molar-refractivity contribution in [3.63, 3.8) is 0 Å². The first-order chi connectivity index (χ1) is 11.5. The standard InChI is InChI=1S/C17H20N2O4S/c1-4-23-16(21)9-13-10-24-17(18-13)19-15(20)8-12-7-11(2)5-6-14(12)22-3/h5-7,10H,4,8-9H2,1-3H3,(H,18,19,20). The van der Waals surface area contributed by atoms with Crippen LogP contribution in [0, 0.1) is 6.92 Å². The molecule has 1 aromatic heterocycles. The summed E-state index contributed by atoms with van der Waals surface area (Å²) in [6.07, 6.45) is 0.295. The van der Waals surface area contributed by atoms with Gasteiger partial charge in [-0.3, -0.25) is 9.59 Å². The second-order valence-electron chi connectivity index (χ2n) is 5.17. The van der Waals surface area contributed by atoms with Crippen molar-refractivity contribution in [2.75, 3.05) is 19.0 Å². The van der Waals surface area contributed by atoms with E-state index in [2.05, 4.69) is 10.3 Å². The molecular formula is C17H20N2O4S. The van der Waals surface area contributed by atoms with Crippen LogP contribution in [0.4, 0.5) is 5.13 Å². The summed E-state index contributed by atoms with van der Waals surface area (Å²) in [5.74, 6) is 0.166. The Bertz CT molecular complexity index is 727. The number of methoxy groups -OCH3 is 1. The predicted molar refractivity (Wildman–Crippen MR) is 92.5 cm³/mol. The molecule has 2 aromatic rings. The molecule has 0 saturated heterocycles. The Morgan fingerprint density at radius 2 is 2.08 bits per heavy atom. The number of hydrogen-bond acceptors (Lipinski definition) is 6. The molecule has 1 aromatic carbocycles. The van der Waals surface area contributed by atoms with Gasteiger partial charge in [-0.05, 0) is 19.9 Å². The highest BCUT2D eigenvalue weighted by Gasteiger charge is 2.13. The fraction of sp³-hybridized carbons (Fsp3) is 0.353. The molecule has 24 heavy (non-hydrogen) atoms. The minimum atomic E-state index is -0.329. The molecule has 0 radical (unpaired) electrons. The lowest BCUT2D eigenvalue weighted by atomic mass is 10.1. The van der Waals surface area contributed by atoms with Gasteiger partial charge in [-0.1, -0.05) is 17.7 Å². The molecule has 0 aliphatic rings. The van der Waals surface area contributed by atoms with Crippen LogP contribution in [0.5, 0.6) is 5.75 Å². The number of nitrogens with zero attached hydrogens (tertiary/aromatic N) is 1. The third kappa shape index (κ3) is 5.06. The molecule has 0 atom stereocenters. The number of ether oxygens (including phenoxy) is 2. The molecule has 2 rings (SSSR count). The average molecular weight is 348 g/mol. The van der Waals surface area contributed by atoms with Crippen LogP contribution in [0.25, 0.3) is 0 Å². The van der Waals surface area contributed by atoms with Crippen molar-refractivity contribution < 1.29 is 19.1 Å². The second kappa shape index (κ2) is 8.44. The third-order valence-corrected chi connectivity index (χ3v) is 4.02. The van der Waals surface area contributed by atoms with E-state index in [4.69, 9.17) is 9.47 Å². The minimum Gasteiger partial charge on any atom is -0.496 e. The number of carbonyl (C=O) groups excluding carboxylic acids is 2. The SMILES string of the molecule is CCOC(=O)Cc1csc(NC(=O)Cc2cc(C)ccc2OC)n1. The Hall–Kier alpha value is -2.41. The smallest absolute Gasteiger partial charge is 0.311 e. The number of rotatable bonds is 7. The largest absolute Gasteiger partial charge is 0.496 e. The Balaban J connectivity index is 1.97. The number of nitrogens with one attached hydrogen (secondary N) is 1. The number of thiazole rings is 1. The fourth-order valence-electron chi connectivity index (χ4n) is 2.19. The van der Waals surface area contributed by atoms with Gasteiger partial charge in [-0.25, -0.2) is 4.98 Å². The normalized spacial score (nSPS) is 10.3. The van der Waals surface area contributed by atoms with Gasteiger partial charge in [0.05, 0.1) is 32.3 Å². The quantitative estimate of drug-likeness (QED) is 0.779. The molecule has 0 spiro atoms. The van der Waals surface area contributed by atoms with Gasteiger partial charge in [0, 0.05) is 10.9 Å². The maximum atomic E-state index is 12.2. The summed E-state index contributed by atoms with van der Waals surface area (Å²) in [5, 5.41) is 4.95. The molecule has 0 saturated carbocycles. The van der Waals surface area contributed by atoms with E-state index >= 15 is 0 Å². The average Bonchev–Trinajstić information content (AvgIpc) is 2.94. The molecule has 6 nitrogen and oxygen atoms in total. The lowest BCUT2D eigenvalue weighted by Crippen LogP contribution is -2.15. The van der Waals surface area contributed by atoms with Crippen LogP contribution < -0.4 is 10.1 Å². The van der Waals surface area contributed by atoms with Gasteiger partial charge < -0.3 is 14.8 Å². The van der Waals surface area contributed by atoms with Crippen molar-refractivity contribution in [2.45, 2.75) is 26.7 Å². The minimum absolute atomic E-state index is 0.103. The number of amides is 1. The molecular weight excluding hydrogens is 328 g/mol. The second-order valence-corrected chi connectivity index (χ2v) is 6.02. The molecule has 1 N–H and O–H groups in total. The van der Waals surface area contributed by atoms with Gasteiger partial charge in [0.25, 0.3) is 0 Å². The van der Waals surface area contributed by atoms with Crippen molar-refractivity contribution >= 4 is 28.3 Å². The number of benzene rings is 1. The molecule has 7 heteroatoms. The highest BCUT2D eigenvalue weighted by atomic mass is 32.1. The maximum Gasteiger partial charge on any atom is 0.311 e. The molecule has 0 bridgehead atoms. The summed E-state index contributed by atoms with van der Waals surface area (Å²) in [7, 11) is 1.58. The van der Waals surface area contributed by atoms with Crippen molar-refractivity contribution in [3.05, 3.63) is 40.4 Å². The zero-order valence-corrected chi connectivity index (χ0v) is 14.7. The van der Waals surface area contributed by atoms with Crippen LogP contribution in [0.2, 0.25) is 0 Å². The number of anilines is 1. The van der Waals surface area contributed by atoms with Gasteiger partial charge in [0.1, 0.15) is 5.75 Å². The van der Waals surface area contributed by atoms with Crippen molar-refractivity contribution in [3.8, 4) is 5.75 Å². The molecule has 128 valence electrons. The van der Waals surface area contributed by atoms with Gasteiger partial charge >= 0.3 is 5.97 Å². The fourth-order valence-corrected chi connectivity index (χ4v) is 2.91. The summed E-state index contributed by atoms with van der Waals surface area (Å²) < 4.78 is 10.2. The van der Waals surface area contributed by atoms with Gasteiger partial charge in [0.2, 0.25) is 5.91 Å². The first kappa shape index (κ1) is 17.9. The van der Waals surface area contributed by atoms with E-state index in [1.165, 1.54) is 11.3 Å². The maximum absolute atomic E-state index is 12.2. The Morgan fingerprint density at radius 3 is 2.79 bits per heavy atom. The highest BCUT2D eigenvalue weighted by Crippen LogP contribution is 2.21. The van der Waals surface area contributed by atoms with E-state index in [0.717, 1.165) is 11.1 Å². The van der Waals surface area contributed by atoms with Crippen molar-refractivity contribution in [1.29, 1.82) is 0 Å². The first-order valence-electron chi connectivity index (χ1n) is 7.55. The van der Waals surface area contributed by atoms with Crippen LogP contribution in [0.1, 0.15) is 23.7 Å². The van der Waals surface area contributed by atoms with E-state index in [-0.39, 0.29) is 24.7 Å². The van der Waals surface area contributed by atoms with Crippen LogP contribution >= 0.6 is 11.3 Å². The third-order valence-electron chi connectivity index (χ3n) is 3.22. The van der Waals surface area contributed by atoms with Gasteiger partial charge in [-0.2, -0.15) is 0 Å². The monoisotopic (exact) mass is 348 g/mol. The number of carbonyl (C=O) groups is 2. The summed E-state index contributed by atoms with van der Waals surface area (Å²) in [6.45, 7) is 4.05. The first-order valence-corrected chi connectivity index (χ1v) is 8.43.